The maximum Gasteiger partial charge on any atom is 0.335 e. The molecule has 1 unspecified atom stereocenters. The van der Waals surface area contributed by atoms with Crippen molar-refractivity contribution in [2.45, 2.75) is 19.3 Å². The summed E-state index contributed by atoms with van der Waals surface area (Å²) in [6.45, 7) is 0.783. The molecule has 0 bridgehead atoms. The van der Waals surface area contributed by atoms with E-state index >= 15 is 4.39 Å². The molecule has 2 heterocycles. The van der Waals surface area contributed by atoms with Crippen LogP contribution >= 0.6 is 0 Å². The Morgan fingerprint density at radius 2 is 1.93 bits per heavy atom. The Kier molecular flexibility index (Phi) is 7.02. The number of aromatic nitrogens is 2. The number of fused-ring (bicyclic) bond motifs is 2. The molecule has 5 aromatic rings. The fourth-order valence-corrected chi connectivity index (χ4v) is 5.02. The van der Waals surface area contributed by atoms with E-state index in [1.165, 1.54) is 24.3 Å². The molecule has 8 nitrogen and oxygen atoms in total. The highest BCUT2D eigenvalue weighted by Gasteiger charge is 2.31. The highest BCUT2D eigenvalue weighted by atomic mass is 19.1. The zero-order valence-corrected chi connectivity index (χ0v) is 22.3. The van der Waals surface area contributed by atoms with Gasteiger partial charge in [-0.1, -0.05) is 24.3 Å². The molecular weight excluding hydrogens is 544 g/mol. The largest absolute Gasteiger partial charge is 0.478 e. The lowest BCUT2D eigenvalue weighted by Crippen LogP contribution is -2.10. The Morgan fingerprint density at radius 3 is 2.67 bits per heavy atom. The number of rotatable bonds is 8. The number of para-hydroxylation sites is 1. The molecule has 0 saturated carbocycles. The van der Waals surface area contributed by atoms with Crippen LogP contribution < -0.4 is 9.47 Å². The Labute approximate surface area is 238 Å². The summed E-state index contributed by atoms with van der Waals surface area (Å²) in [5.41, 5.74) is 3.20. The summed E-state index contributed by atoms with van der Waals surface area (Å²) in [7, 11) is 1.57. The van der Waals surface area contributed by atoms with Gasteiger partial charge in [0.05, 0.1) is 40.4 Å². The first kappa shape index (κ1) is 26.9. The lowest BCUT2D eigenvalue weighted by atomic mass is 10.0. The molecule has 0 radical (unpaired) electrons. The van der Waals surface area contributed by atoms with Gasteiger partial charge in [-0.05, 0) is 59.7 Å². The van der Waals surface area contributed by atoms with Crippen molar-refractivity contribution in [1.29, 1.82) is 5.26 Å². The number of ether oxygens (including phenoxy) is 3. The minimum absolute atomic E-state index is 0.133. The van der Waals surface area contributed by atoms with Gasteiger partial charge in [0.25, 0.3) is 6.29 Å². The van der Waals surface area contributed by atoms with E-state index in [4.69, 9.17) is 19.5 Å². The first-order valence-electron chi connectivity index (χ1n) is 13.0. The van der Waals surface area contributed by atoms with Crippen LogP contribution in [0, 0.1) is 23.0 Å². The number of nitriles is 1. The third-order valence-electron chi connectivity index (χ3n) is 7.13. The molecule has 4 aromatic carbocycles. The van der Waals surface area contributed by atoms with E-state index in [-0.39, 0.29) is 23.1 Å². The molecule has 0 aliphatic carbocycles. The van der Waals surface area contributed by atoms with Gasteiger partial charge < -0.3 is 23.9 Å². The number of imidazole rings is 1. The number of nitrogens with zero attached hydrogens (tertiary/aromatic N) is 3. The second kappa shape index (κ2) is 11.0. The minimum atomic E-state index is -1.06. The molecule has 1 aliphatic rings. The number of carbonyl (C=O) groups is 1. The van der Waals surface area contributed by atoms with E-state index in [0.29, 0.717) is 58.2 Å². The average molecular weight is 568 g/mol. The Bertz CT molecular complexity index is 1900. The van der Waals surface area contributed by atoms with Crippen LogP contribution in [0.5, 0.6) is 11.5 Å². The van der Waals surface area contributed by atoms with E-state index in [1.807, 2.05) is 10.6 Å². The van der Waals surface area contributed by atoms with Crippen LogP contribution in [0.25, 0.3) is 22.2 Å². The van der Waals surface area contributed by atoms with Gasteiger partial charge in [-0.3, -0.25) is 0 Å². The fourth-order valence-electron chi connectivity index (χ4n) is 5.02. The van der Waals surface area contributed by atoms with Gasteiger partial charge in [-0.25, -0.2) is 18.6 Å². The third-order valence-corrected chi connectivity index (χ3v) is 7.13. The normalized spacial score (nSPS) is 13.8. The van der Waals surface area contributed by atoms with Gasteiger partial charge in [0.15, 0.2) is 11.5 Å². The quantitative estimate of drug-likeness (QED) is 0.236. The lowest BCUT2D eigenvalue weighted by molar-refractivity contribution is 0.0457. The van der Waals surface area contributed by atoms with Gasteiger partial charge in [0, 0.05) is 25.6 Å². The standard InChI is InChI=1S/C32H23F2N3O5/c1-40-12-11-37-27-15-21(31(38)39)8-10-26(27)36-29(37)16-20-7-6-19(14-24(20)33)22-3-2-4-28-30(22)42-32(41-28)23-9-5-18(17-35)13-25(23)34/h2-10,13-15,32H,11-12,16H2,1H3,(H,38,39). The molecule has 1 N–H and O–H groups in total. The number of benzene rings is 4. The van der Waals surface area contributed by atoms with Crippen molar-refractivity contribution in [1.82, 2.24) is 9.55 Å². The molecule has 0 amide bonds. The van der Waals surface area contributed by atoms with Crippen molar-refractivity contribution in [3.05, 3.63) is 113 Å². The van der Waals surface area contributed by atoms with E-state index in [0.717, 1.165) is 6.07 Å². The molecule has 10 heteroatoms. The van der Waals surface area contributed by atoms with Gasteiger partial charge in [0.1, 0.15) is 17.5 Å². The maximum absolute atomic E-state index is 15.6. The molecule has 42 heavy (non-hydrogen) atoms. The van der Waals surface area contributed by atoms with E-state index in [2.05, 4.69) is 4.98 Å². The summed E-state index contributed by atoms with van der Waals surface area (Å²) in [5, 5.41) is 18.4. The highest BCUT2D eigenvalue weighted by Crippen LogP contribution is 2.47. The average Bonchev–Trinajstić information content (AvgIpc) is 3.57. The van der Waals surface area contributed by atoms with E-state index < -0.39 is 23.9 Å². The number of carboxylic acids is 1. The molecule has 1 atom stereocenters. The number of halogens is 2. The predicted octanol–water partition coefficient (Wildman–Crippen LogP) is 6.26. The number of aromatic carboxylic acids is 1. The van der Waals surface area contributed by atoms with Crippen molar-refractivity contribution in [2.24, 2.45) is 0 Å². The minimum Gasteiger partial charge on any atom is -0.478 e. The lowest BCUT2D eigenvalue weighted by Gasteiger charge is -2.13. The maximum atomic E-state index is 15.6. The van der Waals surface area contributed by atoms with Crippen LogP contribution in [0.15, 0.2) is 72.8 Å². The van der Waals surface area contributed by atoms with Crippen molar-refractivity contribution < 1.29 is 32.9 Å². The zero-order valence-electron chi connectivity index (χ0n) is 22.3. The molecule has 0 saturated heterocycles. The van der Waals surface area contributed by atoms with Crippen LogP contribution in [0.4, 0.5) is 8.78 Å². The topological polar surface area (TPSA) is 107 Å². The summed E-state index contributed by atoms with van der Waals surface area (Å²) in [6.07, 6.45) is -0.890. The van der Waals surface area contributed by atoms with Crippen LogP contribution in [0.3, 0.4) is 0 Å². The van der Waals surface area contributed by atoms with E-state index in [1.54, 1.807) is 49.6 Å². The first-order chi connectivity index (χ1) is 20.4. The predicted molar refractivity (Wildman–Crippen MR) is 148 cm³/mol. The molecule has 1 aromatic heterocycles. The molecule has 0 fully saturated rings. The number of hydrogen-bond acceptors (Lipinski definition) is 6. The monoisotopic (exact) mass is 567 g/mol. The van der Waals surface area contributed by atoms with Gasteiger partial charge in [-0.15, -0.1) is 0 Å². The third kappa shape index (κ3) is 4.91. The van der Waals surface area contributed by atoms with Crippen molar-refractivity contribution in [3.8, 4) is 28.7 Å². The van der Waals surface area contributed by atoms with Gasteiger partial charge in [-0.2, -0.15) is 5.26 Å². The molecule has 210 valence electrons. The van der Waals surface area contributed by atoms with Crippen LogP contribution in [0.1, 0.15) is 39.2 Å². The summed E-state index contributed by atoms with van der Waals surface area (Å²) in [6, 6.07) is 20.6. The van der Waals surface area contributed by atoms with Crippen LogP contribution in [0.2, 0.25) is 0 Å². The molecule has 6 rings (SSSR count). The summed E-state index contributed by atoms with van der Waals surface area (Å²) < 4.78 is 49.1. The first-order valence-corrected chi connectivity index (χ1v) is 13.0. The Hall–Kier alpha value is -5.27. The second-order valence-corrected chi connectivity index (χ2v) is 9.71. The fraction of sp³-hybridized carbons (Fsp3) is 0.156. The van der Waals surface area contributed by atoms with Gasteiger partial charge in [0.2, 0.25) is 0 Å². The number of methoxy groups -OCH3 is 1. The van der Waals surface area contributed by atoms with Crippen molar-refractivity contribution in [3.63, 3.8) is 0 Å². The Morgan fingerprint density at radius 1 is 1.07 bits per heavy atom. The Balaban J connectivity index is 1.30. The smallest absolute Gasteiger partial charge is 0.335 e. The number of carboxylic acid groups (broad SMARTS) is 1. The van der Waals surface area contributed by atoms with Crippen LogP contribution in [-0.4, -0.2) is 34.3 Å². The highest BCUT2D eigenvalue weighted by molar-refractivity contribution is 5.92. The van der Waals surface area contributed by atoms with Crippen molar-refractivity contribution >= 4 is 17.0 Å². The van der Waals surface area contributed by atoms with E-state index in [9.17, 15) is 14.3 Å². The molecular formula is C32H23F2N3O5. The zero-order chi connectivity index (χ0) is 29.4. The summed E-state index contributed by atoms with van der Waals surface area (Å²) >= 11 is 0. The summed E-state index contributed by atoms with van der Waals surface area (Å²) in [5.74, 6) is -0.822. The van der Waals surface area contributed by atoms with Gasteiger partial charge >= 0.3 is 5.97 Å². The van der Waals surface area contributed by atoms with Crippen molar-refractivity contribution in [2.75, 3.05) is 13.7 Å². The SMILES string of the molecule is COCCn1c(Cc2ccc(-c3cccc4c3OC(c3ccc(C#N)cc3F)O4)cc2F)nc2ccc(C(=O)O)cc21. The molecule has 0 spiro atoms. The van der Waals surface area contributed by atoms with Crippen LogP contribution in [-0.2, 0) is 17.7 Å². The number of hydrogen-bond donors (Lipinski definition) is 1. The summed E-state index contributed by atoms with van der Waals surface area (Å²) in [4.78, 5) is 16.2. The second-order valence-electron chi connectivity index (χ2n) is 9.71. The molecule has 1 aliphatic heterocycles.